The second-order valence-electron chi connectivity index (χ2n) is 4.59. The summed E-state index contributed by atoms with van der Waals surface area (Å²) in [5.74, 6) is 1.73. The Kier molecular flexibility index (Phi) is 3.74. The minimum atomic E-state index is 0. The molecule has 2 saturated heterocycles. The fourth-order valence-electron chi connectivity index (χ4n) is 2.73. The van der Waals surface area contributed by atoms with E-state index in [2.05, 4.69) is 26.5 Å². The summed E-state index contributed by atoms with van der Waals surface area (Å²) in [5.41, 5.74) is 1.09. The first-order valence-corrected chi connectivity index (χ1v) is 5.61. The van der Waals surface area contributed by atoms with Gasteiger partial charge in [-0.2, -0.15) is 10.2 Å². The minimum absolute atomic E-state index is 0. The minimum Gasteiger partial charge on any atom is -0.316 e. The van der Waals surface area contributed by atoms with Gasteiger partial charge >= 0.3 is 0 Å². The molecule has 2 aliphatic heterocycles. The lowest BCUT2D eigenvalue weighted by Crippen LogP contribution is -2.25. The summed E-state index contributed by atoms with van der Waals surface area (Å²) in [6.45, 7) is 5.78. The molecule has 2 fully saturated rings. The summed E-state index contributed by atoms with van der Waals surface area (Å²) in [7, 11) is 0. The lowest BCUT2D eigenvalue weighted by atomic mass is 10.0. The molecule has 0 bridgehead atoms. The Morgan fingerprint density at radius 1 is 1.31 bits per heavy atom. The molecule has 1 aromatic heterocycles. The van der Waals surface area contributed by atoms with Crippen molar-refractivity contribution < 1.29 is 0 Å². The van der Waals surface area contributed by atoms with Crippen LogP contribution in [0.5, 0.6) is 0 Å². The molecule has 5 heteroatoms. The maximum absolute atomic E-state index is 4.13. The molecule has 3 rings (SSSR count). The van der Waals surface area contributed by atoms with Gasteiger partial charge in [-0.3, -0.25) is 4.90 Å². The number of halogens is 1. The third-order valence-corrected chi connectivity index (χ3v) is 3.48. The van der Waals surface area contributed by atoms with Crippen LogP contribution in [0.1, 0.15) is 5.69 Å². The van der Waals surface area contributed by atoms with Gasteiger partial charge in [-0.1, -0.05) is 0 Å². The highest BCUT2D eigenvalue weighted by molar-refractivity contribution is 5.85. The van der Waals surface area contributed by atoms with Crippen molar-refractivity contribution in [2.45, 2.75) is 6.54 Å². The Hall–Kier alpha value is -0.710. The summed E-state index contributed by atoms with van der Waals surface area (Å²) in [4.78, 5) is 2.50. The number of nitrogens with zero attached hydrogens (tertiary/aromatic N) is 3. The number of hydrogen-bond acceptors (Lipinski definition) is 4. The van der Waals surface area contributed by atoms with Crippen LogP contribution in [0.3, 0.4) is 0 Å². The van der Waals surface area contributed by atoms with Gasteiger partial charge in [0.15, 0.2) is 0 Å². The number of rotatable bonds is 2. The highest BCUT2D eigenvalue weighted by Gasteiger charge is 2.35. The fraction of sp³-hybridized carbons (Fsp3) is 0.636. The molecule has 1 aromatic rings. The normalized spacial score (nSPS) is 28.8. The van der Waals surface area contributed by atoms with E-state index in [0.29, 0.717) is 0 Å². The lowest BCUT2D eigenvalue weighted by Gasteiger charge is -2.15. The topological polar surface area (TPSA) is 41.1 Å². The molecular weight excluding hydrogens is 224 g/mol. The molecule has 4 nitrogen and oxygen atoms in total. The van der Waals surface area contributed by atoms with Gasteiger partial charge in [-0.25, -0.2) is 0 Å². The van der Waals surface area contributed by atoms with Crippen molar-refractivity contribution in [2.24, 2.45) is 11.8 Å². The number of aromatic nitrogens is 2. The third-order valence-electron chi connectivity index (χ3n) is 3.48. The Bertz CT molecular complexity index is 320. The third kappa shape index (κ3) is 2.34. The molecule has 1 N–H and O–H groups in total. The van der Waals surface area contributed by atoms with E-state index in [-0.39, 0.29) is 12.4 Å². The van der Waals surface area contributed by atoms with Gasteiger partial charge < -0.3 is 5.32 Å². The van der Waals surface area contributed by atoms with E-state index in [4.69, 9.17) is 0 Å². The fourth-order valence-corrected chi connectivity index (χ4v) is 2.73. The van der Waals surface area contributed by atoms with Crippen molar-refractivity contribution in [3.8, 4) is 0 Å². The first-order valence-electron chi connectivity index (χ1n) is 5.61. The van der Waals surface area contributed by atoms with Crippen molar-refractivity contribution in [3.05, 3.63) is 24.0 Å². The van der Waals surface area contributed by atoms with E-state index in [9.17, 15) is 0 Å². The molecule has 2 unspecified atom stereocenters. The maximum Gasteiger partial charge on any atom is 0.0771 e. The van der Waals surface area contributed by atoms with Gasteiger partial charge in [0.05, 0.1) is 5.69 Å². The maximum atomic E-state index is 4.13. The van der Waals surface area contributed by atoms with E-state index < -0.39 is 0 Å². The predicted molar refractivity (Wildman–Crippen MR) is 64.4 cm³/mol. The van der Waals surface area contributed by atoms with Crippen LogP contribution in [0.2, 0.25) is 0 Å². The quantitative estimate of drug-likeness (QED) is 0.820. The second-order valence-corrected chi connectivity index (χ2v) is 4.59. The van der Waals surface area contributed by atoms with E-state index in [0.717, 1.165) is 24.1 Å². The monoisotopic (exact) mass is 240 g/mol. The van der Waals surface area contributed by atoms with Gasteiger partial charge in [0.1, 0.15) is 0 Å². The lowest BCUT2D eigenvalue weighted by molar-refractivity contribution is 0.301. The zero-order valence-corrected chi connectivity index (χ0v) is 9.99. The standard InChI is InChI=1S/C11H16N4.ClH/c1-2-11(14-13-3-1)8-15-6-9-4-12-5-10(9)7-15;/h1-3,9-10,12H,4-8H2;1H. The Labute approximate surface area is 102 Å². The summed E-state index contributed by atoms with van der Waals surface area (Å²) in [6.07, 6.45) is 1.73. The summed E-state index contributed by atoms with van der Waals surface area (Å²) >= 11 is 0. The number of nitrogens with one attached hydrogen (secondary N) is 1. The van der Waals surface area contributed by atoms with Gasteiger partial charge in [0.2, 0.25) is 0 Å². The molecule has 0 amide bonds. The Morgan fingerprint density at radius 3 is 2.69 bits per heavy atom. The first-order chi connectivity index (χ1) is 7.42. The zero-order valence-electron chi connectivity index (χ0n) is 9.17. The Balaban J connectivity index is 0.000000963. The molecule has 2 atom stereocenters. The van der Waals surface area contributed by atoms with Crippen molar-refractivity contribution in [1.29, 1.82) is 0 Å². The van der Waals surface area contributed by atoms with Crippen LogP contribution in [-0.4, -0.2) is 41.3 Å². The van der Waals surface area contributed by atoms with Crippen LogP contribution >= 0.6 is 12.4 Å². The molecule has 88 valence electrons. The molecule has 0 aliphatic carbocycles. The van der Waals surface area contributed by atoms with E-state index in [1.807, 2.05) is 6.07 Å². The van der Waals surface area contributed by atoms with Crippen LogP contribution < -0.4 is 5.32 Å². The van der Waals surface area contributed by atoms with Crippen molar-refractivity contribution in [1.82, 2.24) is 20.4 Å². The average Bonchev–Trinajstić information content (AvgIpc) is 2.79. The van der Waals surface area contributed by atoms with Gasteiger partial charge in [0.25, 0.3) is 0 Å². The molecule has 3 heterocycles. The number of fused-ring (bicyclic) bond motifs is 1. The SMILES string of the molecule is Cl.c1cnnc(CN2CC3CNCC3C2)c1. The summed E-state index contributed by atoms with van der Waals surface area (Å²) in [6, 6.07) is 4.01. The summed E-state index contributed by atoms with van der Waals surface area (Å²) in [5, 5.41) is 11.5. The van der Waals surface area contributed by atoms with Gasteiger partial charge in [0, 0.05) is 25.8 Å². The van der Waals surface area contributed by atoms with Crippen LogP contribution in [0.15, 0.2) is 18.3 Å². The van der Waals surface area contributed by atoms with Crippen LogP contribution in [-0.2, 0) is 6.54 Å². The van der Waals surface area contributed by atoms with Crippen molar-refractivity contribution in [3.63, 3.8) is 0 Å². The highest BCUT2D eigenvalue weighted by Crippen LogP contribution is 2.26. The zero-order chi connectivity index (χ0) is 10.1. The molecule has 16 heavy (non-hydrogen) atoms. The Morgan fingerprint density at radius 2 is 2.06 bits per heavy atom. The summed E-state index contributed by atoms with van der Waals surface area (Å²) < 4.78 is 0. The molecular formula is C11H17ClN4. The molecule has 0 radical (unpaired) electrons. The van der Waals surface area contributed by atoms with Gasteiger partial charge in [-0.05, 0) is 37.1 Å². The van der Waals surface area contributed by atoms with Crippen molar-refractivity contribution >= 4 is 12.4 Å². The largest absolute Gasteiger partial charge is 0.316 e. The molecule has 0 saturated carbocycles. The van der Waals surface area contributed by atoms with Crippen LogP contribution in [0, 0.1) is 11.8 Å². The smallest absolute Gasteiger partial charge is 0.0771 e. The van der Waals surface area contributed by atoms with E-state index in [1.165, 1.54) is 26.2 Å². The van der Waals surface area contributed by atoms with Crippen LogP contribution in [0.4, 0.5) is 0 Å². The second kappa shape index (κ2) is 5.08. The van der Waals surface area contributed by atoms with Crippen molar-refractivity contribution in [2.75, 3.05) is 26.2 Å². The highest BCUT2D eigenvalue weighted by atomic mass is 35.5. The van der Waals surface area contributed by atoms with Gasteiger partial charge in [-0.15, -0.1) is 12.4 Å². The van der Waals surface area contributed by atoms with Crippen LogP contribution in [0.25, 0.3) is 0 Å². The first kappa shape index (κ1) is 11.8. The van der Waals surface area contributed by atoms with E-state index >= 15 is 0 Å². The number of hydrogen-bond donors (Lipinski definition) is 1. The number of likely N-dealkylation sites (tertiary alicyclic amines) is 1. The average molecular weight is 241 g/mol. The van der Waals surface area contributed by atoms with E-state index in [1.54, 1.807) is 6.20 Å². The molecule has 2 aliphatic rings. The molecule has 0 aromatic carbocycles. The predicted octanol–water partition coefficient (Wildman–Crippen LogP) is 0.550. The molecule has 0 spiro atoms.